The van der Waals surface area contributed by atoms with Crippen LogP contribution in [0, 0.1) is 10.1 Å². The van der Waals surface area contributed by atoms with Crippen LogP contribution in [0.5, 0.6) is 0 Å². The quantitative estimate of drug-likeness (QED) is 0.482. The molecule has 1 fully saturated rings. The molecule has 0 radical (unpaired) electrons. The summed E-state index contributed by atoms with van der Waals surface area (Å²) in [5.41, 5.74) is 0.564. The Morgan fingerprint density at radius 3 is 2.67 bits per heavy atom. The lowest BCUT2D eigenvalue weighted by atomic mass is 10.1. The van der Waals surface area contributed by atoms with Crippen LogP contribution in [0.3, 0.4) is 0 Å². The zero-order valence-electron chi connectivity index (χ0n) is 13.2. The predicted molar refractivity (Wildman–Crippen MR) is 92.5 cm³/mol. The highest BCUT2D eigenvalue weighted by atomic mass is 35.5. The van der Waals surface area contributed by atoms with Crippen LogP contribution < -0.4 is 0 Å². The third-order valence-corrected chi connectivity index (χ3v) is 4.20. The van der Waals surface area contributed by atoms with Gasteiger partial charge in [0.15, 0.2) is 0 Å². The summed E-state index contributed by atoms with van der Waals surface area (Å²) in [6, 6.07) is 7.88. The summed E-state index contributed by atoms with van der Waals surface area (Å²) in [4.78, 5) is 12.5. The molecule has 1 aliphatic heterocycles. The van der Waals surface area contributed by atoms with Crippen molar-refractivity contribution in [1.82, 2.24) is 9.91 Å². The Balaban J connectivity index is 1.72. The number of likely N-dealkylation sites (N-methyl/N-ethyl adjacent to an activating group) is 1. The number of nitro benzene ring substituents is 1. The maximum Gasteiger partial charge on any atom is 0.270 e. The second-order valence-corrected chi connectivity index (χ2v) is 6.03. The Labute approximate surface area is 144 Å². The lowest BCUT2D eigenvalue weighted by molar-refractivity contribution is -0.384. The van der Waals surface area contributed by atoms with Crippen molar-refractivity contribution in [2.24, 2.45) is 5.10 Å². The van der Waals surface area contributed by atoms with E-state index >= 15 is 0 Å². The van der Waals surface area contributed by atoms with Gasteiger partial charge in [0, 0.05) is 43.9 Å². The third-order valence-electron chi connectivity index (χ3n) is 3.88. The van der Waals surface area contributed by atoms with Crippen molar-refractivity contribution in [3.63, 3.8) is 0 Å². The highest BCUT2D eigenvalue weighted by Gasteiger charge is 2.14. The van der Waals surface area contributed by atoms with Gasteiger partial charge in [-0.05, 0) is 25.2 Å². The van der Waals surface area contributed by atoms with Crippen LogP contribution in [0.15, 0.2) is 39.9 Å². The van der Waals surface area contributed by atoms with Crippen molar-refractivity contribution in [2.45, 2.75) is 0 Å². The zero-order valence-corrected chi connectivity index (χ0v) is 13.9. The molecular formula is C16H17ClN4O3. The summed E-state index contributed by atoms with van der Waals surface area (Å²) in [5.74, 6) is 1.16. The second kappa shape index (κ2) is 7.02. The molecule has 8 heteroatoms. The Hall–Kier alpha value is -2.38. The molecule has 3 rings (SSSR count). The number of furan rings is 1. The van der Waals surface area contributed by atoms with Crippen LogP contribution in [0.2, 0.25) is 5.02 Å². The molecule has 1 saturated heterocycles. The Morgan fingerprint density at radius 1 is 1.25 bits per heavy atom. The molecule has 126 valence electrons. The second-order valence-electron chi connectivity index (χ2n) is 5.62. The monoisotopic (exact) mass is 348 g/mol. The van der Waals surface area contributed by atoms with Gasteiger partial charge in [0.25, 0.3) is 5.69 Å². The van der Waals surface area contributed by atoms with Crippen molar-refractivity contribution in [1.29, 1.82) is 0 Å². The Kier molecular flexibility index (Phi) is 4.82. The minimum Gasteiger partial charge on any atom is -0.455 e. The van der Waals surface area contributed by atoms with E-state index in [0.717, 1.165) is 26.2 Å². The topological polar surface area (TPSA) is 75.1 Å². The van der Waals surface area contributed by atoms with Crippen molar-refractivity contribution in [3.8, 4) is 11.3 Å². The molecule has 0 aliphatic carbocycles. The lowest BCUT2D eigenvalue weighted by Gasteiger charge is -2.30. The van der Waals surface area contributed by atoms with Gasteiger partial charge in [-0.1, -0.05) is 11.6 Å². The Morgan fingerprint density at radius 2 is 2.00 bits per heavy atom. The van der Waals surface area contributed by atoms with Gasteiger partial charge in [-0.2, -0.15) is 5.10 Å². The first-order valence-corrected chi connectivity index (χ1v) is 7.92. The number of non-ortho nitro benzene ring substituents is 1. The van der Waals surface area contributed by atoms with E-state index in [1.54, 1.807) is 24.4 Å². The minimum atomic E-state index is -0.480. The molecule has 0 amide bonds. The molecule has 7 nitrogen and oxygen atoms in total. The van der Waals surface area contributed by atoms with Crippen molar-refractivity contribution in [2.75, 3.05) is 33.2 Å². The average molecular weight is 349 g/mol. The van der Waals surface area contributed by atoms with Gasteiger partial charge in [0.2, 0.25) is 0 Å². The minimum absolute atomic E-state index is 0.0489. The van der Waals surface area contributed by atoms with Gasteiger partial charge >= 0.3 is 0 Å². The van der Waals surface area contributed by atoms with Gasteiger partial charge < -0.3 is 9.32 Å². The smallest absolute Gasteiger partial charge is 0.270 e. The largest absolute Gasteiger partial charge is 0.455 e. The molecule has 1 aliphatic rings. The van der Waals surface area contributed by atoms with Crippen LogP contribution >= 0.6 is 11.6 Å². The standard InChI is InChI=1S/C16H17ClN4O3/c1-19-6-8-20(9-7-19)18-11-13-3-5-16(24-13)14-4-2-12(21(22)23)10-15(14)17/h2-5,10-11H,6-9H2,1H3/b18-11+. The number of piperazine rings is 1. The summed E-state index contributed by atoms with van der Waals surface area (Å²) in [6.07, 6.45) is 1.67. The van der Waals surface area contributed by atoms with E-state index in [1.807, 2.05) is 5.01 Å². The van der Waals surface area contributed by atoms with Crippen molar-refractivity contribution >= 4 is 23.5 Å². The summed E-state index contributed by atoms with van der Waals surface area (Å²) < 4.78 is 5.72. The number of rotatable bonds is 4. The molecular weight excluding hydrogens is 332 g/mol. The maximum absolute atomic E-state index is 10.8. The molecule has 24 heavy (non-hydrogen) atoms. The molecule has 2 aromatic rings. The van der Waals surface area contributed by atoms with Gasteiger partial charge in [-0.15, -0.1) is 0 Å². The van der Waals surface area contributed by atoms with E-state index in [4.69, 9.17) is 16.0 Å². The first-order chi connectivity index (χ1) is 11.5. The summed E-state index contributed by atoms with van der Waals surface area (Å²) in [7, 11) is 2.09. The molecule has 0 unspecified atom stereocenters. The van der Waals surface area contributed by atoms with Crippen LogP contribution in [-0.2, 0) is 0 Å². The molecule has 1 aromatic carbocycles. The van der Waals surface area contributed by atoms with E-state index < -0.39 is 4.92 Å². The SMILES string of the molecule is CN1CCN(/N=C/c2ccc(-c3ccc([N+](=O)[O-])cc3Cl)o2)CC1. The van der Waals surface area contributed by atoms with Crippen molar-refractivity contribution in [3.05, 3.63) is 51.2 Å². The van der Waals surface area contributed by atoms with E-state index in [-0.39, 0.29) is 10.7 Å². The van der Waals surface area contributed by atoms with E-state index in [2.05, 4.69) is 17.0 Å². The van der Waals surface area contributed by atoms with Gasteiger partial charge in [0.1, 0.15) is 11.5 Å². The first-order valence-electron chi connectivity index (χ1n) is 7.54. The van der Waals surface area contributed by atoms with E-state index in [9.17, 15) is 10.1 Å². The van der Waals surface area contributed by atoms with Crippen LogP contribution in [0.1, 0.15) is 5.76 Å². The number of benzene rings is 1. The van der Waals surface area contributed by atoms with E-state index in [0.29, 0.717) is 17.1 Å². The lowest BCUT2D eigenvalue weighted by Crippen LogP contribution is -2.41. The third kappa shape index (κ3) is 3.74. The van der Waals surface area contributed by atoms with Crippen LogP contribution in [-0.4, -0.2) is 54.3 Å². The first kappa shape index (κ1) is 16.5. The number of nitrogens with zero attached hydrogens (tertiary/aromatic N) is 4. The fourth-order valence-corrected chi connectivity index (χ4v) is 2.70. The summed E-state index contributed by atoms with van der Waals surface area (Å²) >= 11 is 6.12. The van der Waals surface area contributed by atoms with Gasteiger partial charge in [0.05, 0.1) is 16.2 Å². The molecule has 0 bridgehead atoms. The van der Waals surface area contributed by atoms with Crippen LogP contribution in [0.25, 0.3) is 11.3 Å². The van der Waals surface area contributed by atoms with Crippen LogP contribution in [0.4, 0.5) is 5.69 Å². The summed E-state index contributed by atoms with van der Waals surface area (Å²) in [6.45, 7) is 3.74. The molecule has 0 N–H and O–H groups in total. The molecule has 0 saturated carbocycles. The number of halogens is 1. The predicted octanol–water partition coefficient (Wildman–Crippen LogP) is 3.09. The molecule has 0 atom stereocenters. The molecule has 1 aromatic heterocycles. The molecule has 0 spiro atoms. The van der Waals surface area contributed by atoms with Crippen molar-refractivity contribution < 1.29 is 9.34 Å². The van der Waals surface area contributed by atoms with Gasteiger partial charge in [-0.25, -0.2) is 0 Å². The fraction of sp³-hybridized carbons (Fsp3) is 0.312. The number of nitro groups is 1. The number of hydrogen-bond acceptors (Lipinski definition) is 6. The average Bonchev–Trinajstić information content (AvgIpc) is 3.03. The number of hydrazone groups is 1. The highest BCUT2D eigenvalue weighted by Crippen LogP contribution is 2.32. The van der Waals surface area contributed by atoms with Gasteiger partial charge in [-0.3, -0.25) is 15.1 Å². The fourth-order valence-electron chi connectivity index (χ4n) is 2.43. The normalized spacial score (nSPS) is 16.0. The highest BCUT2D eigenvalue weighted by molar-refractivity contribution is 6.33. The molecule has 2 heterocycles. The zero-order chi connectivity index (χ0) is 17.1. The number of hydrogen-bond donors (Lipinski definition) is 0. The summed E-state index contributed by atoms with van der Waals surface area (Å²) in [5, 5.41) is 17.5. The van der Waals surface area contributed by atoms with E-state index in [1.165, 1.54) is 12.1 Å². The Bertz CT molecular complexity index is 766. The maximum atomic E-state index is 10.8.